The van der Waals surface area contributed by atoms with Crippen molar-refractivity contribution in [1.82, 2.24) is 9.78 Å². The summed E-state index contributed by atoms with van der Waals surface area (Å²) in [5, 5.41) is 4.28. The van der Waals surface area contributed by atoms with Crippen molar-refractivity contribution in [1.29, 1.82) is 0 Å². The summed E-state index contributed by atoms with van der Waals surface area (Å²) < 4.78 is 25.1. The van der Waals surface area contributed by atoms with Crippen molar-refractivity contribution >= 4 is 16.1 Å². The largest absolute Gasteiger partial charge is 0.296 e. The molecule has 0 radical (unpaired) electrons. The fourth-order valence-corrected chi connectivity index (χ4v) is 3.92. The van der Waals surface area contributed by atoms with Crippen LogP contribution in [0.4, 0.5) is 0 Å². The van der Waals surface area contributed by atoms with Crippen molar-refractivity contribution in [3.8, 4) is 0 Å². The van der Waals surface area contributed by atoms with E-state index in [2.05, 4.69) is 5.10 Å². The minimum atomic E-state index is -3.04. The molecule has 3 rings (SSSR count). The third-order valence-electron chi connectivity index (χ3n) is 3.70. The Morgan fingerprint density at radius 2 is 2.12 bits per heavy atom. The van der Waals surface area contributed by atoms with Gasteiger partial charge in [0.1, 0.15) is 5.69 Å². The first-order chi connectivity index (χ1) is 8.11. The lowest BCUT2D eigenvalue weighted by atomic mass is 9.93. The van der Waals surface area contributed by atoms with E-state index in [1.54, 1.807) is 0 Å². The maximum atomic E-state index is 11.6. The summed E-state index contributed by atoms with van der Waals surface area (Å²) in [5.41, 5.74) is 1.92. The van der Waals surface area contributed by atoms with Crippen LogP contribution in [0.15, 0.2) is 0 Å². The molecular weight excluding hydrogens is 240 g/mol. The van der Waals surface area contributed by atoms with Gasteiger partial charge in [0.25, 0.3) is 0 Å². The number of nitrogens with zero attached hydrogens (tertiary/aromatic N) is 2. The molecule has 1 aliphatic heterocycles. The monoisotopic (exact) mass is 254 g/mol. The number of aromatic nitrogens is 2. The van der Waals surface area contributed by atoms with Gasteiger partial charge in [0, 0.05) is 17.7 Å². The number of hydrogen-bond acceptors (Lipinski definition) is 4. The van der Waals surface area contributed by atoms with E-state index in [-0.39, 0.29) is 11.5 Å². The zero-order chi connectivity index (χ0) is 12.0. The summed E-state index contributed by atoms with van der Waals surface area (Å²) in [5.74, 6) is 0.153. The molecule has 1 aliphatic carbocycles. The third-order valence-corrected chi connectivity index (χ3v) is 5.25. The Hall–Kier alpha value is -1.17. The van der Waals surface area contributed by atoms with Crippen LogP contribution < -0.4 is 0 Å². The van der Waals surface area contributed by atoms with Crippen LogP contribution in [-0.2, 0) is 22.0 Å². The van der Waals surface area contributed by atoms with Gasteiger partial charge in [0.05, 0.1) is 17.5 Å². The number of sulfone groups is 1. The minimum Gasteiger partial charge on any atom is -0.296 e. The molecule has 17 heavy (non-hydrogen) atoms. The van der Waals surface area contributed by atoms with E-state index < -0.39 is 9.84 Å². The normalized spacial score (nSPS) is 22.8. The van der Waals surface area contributed by atoms with Gasteiger partial charge in [-0.05, 0) is 19.3 Å². The average molecular weight is 254 g/mol. The number of aldehydes is 1. The molecule has 0 aromatic carbocycles. The topological polar surface area (TPSA) is 69.0 Å². The van der Waals surface area contributed by atoms with Crippen LogP contribution in [0.5, 0.6) is 0 Å². The molecule has 0 atom stereocenters. The van der Waals surface area contributed by atoms with Gasteiger partial charge in [0.15, 0.2) is 16.1 Å². The second-order valence-corrected chi connectivity index (χ2v) is 6.98. The van der Waals surface area contributed by atoms with Gasteiger partial charge in [0.2, 0.25) is 0 Å². The fourth-order valence-electron chi connectivity index (χ4n) is 2.52. The van der Waals surface area contributed by atoms with E-state index in [0.717, 1.165) is 18.5 Å². The first-order valence-electron chi connectivity index (χ1n) is 5.86. The van der Waals surface area contributed by atoms with E-state index in [1.807, 2.05) is 4.68 Å². The quantitative estimate of drug-likeness (QED) is 0.735. The number of fused-ring (bicyclic) bond motifs is 1. The van der Waals surface area contributed by atoms with Crippen LogP contribution in [0.1, 0.15) is 47.1 Å². The maximum Gasteiger partial charge on any atom is 0.170 e. The third kappa shape index (κ3) is 1.71. The molecule has 1 saturated carbocycles. The lowest BCUT2D eigenvalue weighted by molar-refractivity contribution is 0.111. The summed E-state index contributed by atoms with van der Waals surface area (Å²) in [4.78, 5) is 11.0. The predicted molar refractivity (Wildman–Crippen MR) is 61.7 cm³/mol. The highest BCUT2D eigenvalue weighted by molar-refractivity contribution is 7.90. The Morgan fingerprint density at radius 1 is 1.35 bits per heavy atom. The highest BCUT2D eigenvalue weighted by Crippen LogP contribution is 2.35. The molecule has 1 fully saturated rings. The molecule has 6 heteroatoms. The summed E-state index contributed by atoms with van der Waals surface area (Å²) in [6.07, 6.45) is 4.52. The van der Waals surface area contributed by atoms with E-state index in [1.165, 1.54) is 6.42 Å². The Labute approximate surface area is 99.7 Å². The van der Waals surface area contributed by atoms with Gasteiger partial charge >= 0.3 is 0 Å². The van der Waals surface area contributed by atoms with Gasteiger partial charge < -0.3 is 0 Å². The predicted octanol–water partition coefficient (Wildman–Crippen LogP) is 0.892. The second-order valence-electron chi connectivity index (χ2n) is 4.80. The van der Waals surface area contributed by atoms with Gasteiger partial charge in [-0.15, -0.1) is 0 Å². The molecule has 0 bridgehead atoms. The smallest absolute Gasteiger partial charge is 0.170 e. The molecule has 0 unspecified atom stereocenters. The Balaban J connectivity index is 2.09. The van der Waals surface area contributed by atoms with Crippen LogP contribution in [0.3, 0.4) is 0 Å². The fraction of sp³-hybridized carbons (Fsp3) is 0.636. The molecule has 1 aromatic rings. The first-order valence-corrected chi connectivity index (χ1v) is 7.69. The molecule has 5 nitrogen and oxygen atoms in total. The van der Waals surface area contributed by atoms with Crippen LogP contribution in [0.25, 0.3) is 0 Å². The lowest BCUT2D eigenvalue weighted by Gasteiger charge is -2.28. The summed E-state index contributed by atoms with van der Waals surface area (Å²) in [6, 6.07) is 0.373. The summed E-state index contributed by atoms with van der Waals surface area (Å²) in [6.45, 7) is 0. The summed E-state index contributed by atoms with van der Waals surface area (Å²) >= 11 is 0. The molecule has 0 N–H and O–H groups in total. The van der Waals surface area contributed by atoms with Gasteiger partial charge in [-0.25, -0.2) is 8.42 Å². The number of rotatable bonds is 2. The van der Waals surface area contributed by atoms with Crippen LogP contribution in [0.2, 0.25) is 0 Å². The standard InChI is InChI=1S/C11H14N2O3S/c14-6-10-9-7-17(15,16)5-4-11(9)13(12-10)8-2-1-3-8/h6,8H,1-5,7H2. The number of hydrogen-bond donors (Lipinski definition) is 0. The van der Waals surface area contributed by atoms with Gasteiger partial charge in [-0.3, -0.25) is 9.48 Å². The minimum absolute atomic E-state index is 0.0247. The average Bonchev–Trinajstić information content (AvgIpc) is 2.52. The molecule has 0 saturated heterocycles. The van der Waals surface area contributed by atoms with Crippen LogP contribution in [0, 0.1) is 0 Å². The van der Waals surface area contributed by atoms with Crippen LogP contribution in [-0.4, -0.2) is 30.2 Å². The Bertz CT molecular complexity index is 570. The lowest BCUT2D eigenvalue weighted by Crippen LogP contribution is -2.25. The van der Waals surface area contributed by atoms with Crippen molar-refractivity contribution < 1.29 is 13.2 Å². The molecule has 2 aliphatic rings. The van der Waals surface area contributed by atoms with E-state index in [0.29, 0.717) is 30.0 Å². The van der Waals surface area contributed by atoms with Crippen molar-refractivity contribution in [2.45, 2.75) is 37.5 Å². The molecular formula is C11H14N2O3S. The van der Waals surface area contributed by atoms with Crippen molar-refractivity contribution in [2.24, 2.45) is 0 Å². The zero-order valence-electron chi connectivity index (χ0n) is 9.42. The van der Waals surface area contributed by atoms with Crippen molar-refractivity contribution in [3.63, 3.8) is 0 Å². The van der Waals surface area contributed by atoms with Crippen LogP contribution >= 0.6 is 0 Å². The molecule has 1 aromatic heterocycles. The number of carbonyl (C=O) groups excluding carboxylic acids is 1. The second kappa shape index (κ2) is 3.66. The molecule has 0 spiro atoms. The van der Waals surface area contributed by atoms with Crippen molar-refractivity contribution in [3.05, 3.63) is 17.0 Å². The SMILES string of the molecule is O=Cc1nn(C2CCC2)c2c1CS(=O)(=O)CC2. The number of carbonyl (C=O) groups is 1. The van der Waals surface area contributed by atoms with E-state index >= 15 is 0 Å². The zero-order valence-corrected chi connectivity index (χ0v) is 10.2. The highest BCUT2D eigenvalue weighted by Gasteiger charge is 2.32. The van der Waals surface area contributed by atoms with E-state index in [4.69, 9.17) is 0 Å². The first kappa shape index (κ1) is 11.0. The van der Waals surface area contributed by atoms with Gasteiger partial charge in [-0.1, -0.05) is 0 Å². The molecule has 92 valence electrons. The van der Waals surface area contributed by atoms with E-state index in [9.17, 15) is 13.2 Å². The Morgan fingerprint density at radius 3 is 2.71 bits per heavy atom. The summed E-state index contributed by atoms with van der Waals surface area (Å²) in [7, 11) is -3.04. The Kier molecular flexibility index (Phi) is 2.36. The van der Waals surface area contributed by atoms with Crippen molar-refractivity contribution in [2.75, 3.05) is 5.75 Å². The molecule has 0 amide bonds. The maximum absolute atomic E-state index is 11.6. The highest BCUT2D eigenvalue weighted by atomic mass is 32.2. The van der Waals surface area contributed by atoms with Gasteiger partial charge in [-0.2, -0.15) is 5.10 Å². The molecule has 2 heterocycles.